The van der Waals surface area contributed by atoms with Crippen molar-refractivity contribution in [3.05, 3.63) is 266 Å². The van der Waals surface area contributed by atoms with Crippen molar-refractivity contribution in [1.29, 1.82) is 0 Å². The van der Waals surface area contributed by atoms with Crippen LogP contribution in [-0.2, 0) is 0 Å². The summed E-state index contributed by atoms with van der Waals surface area (Å²) in [7, 11) is 0. The maximum Gasteiger partial charge on any atom is 0.0551 e. The van der Waals surface area contributed by atoms with Crippen molar-refractivity contribution in [1.82, 2.24) is 0 Å². The number of anilines is 7. The lowest BCUT2D eigenvalue weighted by Crippen LogP contribution is -2.26. The Balaban J connectivity index is 0.957. The van der Waals surface area contributed by atoms with Gasteiger partial charge in [0.1, 0.15) is 0 Å². The van der Waals surface area contributed by atoms with Gasteiger partial charge in [0.25, 0.3) is 0 Å². The molecule has 3 heteroatoms. The van der Waals surface area contributed by atoms with Crippen molar-refractivity contribution in [2.75, 3.05) is 15.1 Å². The Morgan fingerprint density at radius 3 is 1.33 bits per heavy atom. The van der Waals surface area contributed by atoms with E-state index in [1.165, 1.54) is 38.6 Å². The van der Waals surface area contributed by atoms with Crippen molar-refractivity contribution in [2.24, 2.45) is 0 Å². The molecule has 0 saturated heterocycles. The molecule has 1 N–H and O–H groups in total. The molecule has 0 aliphatic heterocycles. The molecule has 1 aliphatic rings. The smallest absolute Gasteiger partial charge is 0.0551 e. The maximum atomic E-state index is 3.77. The lowest BCUT2D eigenvalue weighted by molar-refractivity contribution is 0.759. The monoisotopic (exact) mass is 783 g/mol. The first kappa shape index (κ1) is 37.4. The SMILES string of the molecule is C1=CC(Nc2ccccc2)C(c2ccccc2)C=C1c1ccc(N(c2ccc(-c3ccc(N(c4ccccc4)c4ccccc4)cc3)cc2)c2ccc3ccccc3c2)cc1. The molecule has 3 nitrogen and oxygen atoms in total. The molecule has 2 atom stereocenters. The Labute approximate surface area is 358 Å². The minimum Gasteiger partial charge on any atom is -0.378 e. The molecule has 61 heavy (non-hydrogen) atoms. The molecule has 9 aromatic carbocycles. The minimum absolute atomic E-state index is 0.135. The highest BCUT2D eigenvalue weighted by atomic mass is 15.1. The van der Waals surface area contributed by atoms with Crippen molar-refractivity contribution in [2.45, 2.75) is 12.0 Å². The predicted molar refractivity (Wildman–Crippen MR) is 259 cm³/mol. The summed E-state index contributed by atoms with van der Waals surface area (Å²) >= 11 is 0. The second-order valence-electron chi connectivity index (χ2n) is 15.5. The quantitative estimate of drug-likeness (QED) is 0.141. The van der Waals surface area contributed by atoms with Gasteiger partial charge >= 0.3 is 0 Å². The van der Waals surface area contributed by atoms with E-state index in [9.17, 15) is 0 Å². The zero-order chi connectivity index (χ0) is 40.8. The summed E-state index contributed by atoms with van der Waals surface area (Å²) in [5, 5.41) is 6.20. The van der Waals surface area contributed by atoms with E-state index >= 15 is 0 Å². The predicted octanol–water partition coefficient (Wildman–Crippen LogP) is 15.7. The van der Waals surface area contributed by atoms with Gasteiger partial charge in [-0.2, -0.15) is 0 Å². The van der Waals surface area contributed by atoms with Crippen LogP contribution in [0.4, 0.5) is 39.8 Å². The van der Waals surface area contributed by atoms with E-state index in [1.54, 1.807) is 0 Å². The Morgan fingerprint density at radius 2 is 0.770 bits per heavy atom. The van der Waals surface area contributed by atoms with Crippen LogP contribution in [-0.4, -0.2) is 6.04 Å². The first-order chi connectivity index (χ1) is 30.2. The van der Waals surface area contributed by atoms with Crippen LogP contribution in [0.15, 0.2) is 255 Å². The van der Waals surface area contributed by atoms with E-state index in [4.69, 9.17) is 0 Å². The highest BCUT2D eigenvalue weighted by Crippen LogP contribution is 2.40. The highest BCUT2D eigenvalue weighted by molar-refractivity contribution is 5.90. The largest absolute Gasteiger partial charge is 0.378 e. The van der Waals surface area contributed by atoms with Crippen molar-refractivity contribution < 1.29 is 0 Å². The van der Waals surface area contributed by atoms with Gasteiger partial charge in [-0.1, -0.05) is 170 Å². The number of hydrogen-bond acceptors (Lipinski definition) is 3. The van der Waals surface area contributed by atoms with Gasteiger partial charge in [-0.05, 0) is 124 Å². The molecule has 9 aromatic rings. The van der Waals surface area contributed by atoms with Crippen molar-refractivity contribution in [3.63, 3.8) is 0 Å². The number of fused-ring (bicyclic) bond motifs is 1. The lowest BCUT2D eigenvalue weighted by atomic mass is 9.84. The van der Waals surface area contributed by atoms with Crippen LogP contribution >= 0.6 is 0 Å². The number of allylic oxidation sites excluding steroid dienone is 2. The molecular weight excluding hydrogens is 739 g/mol. The third-order valence-corrected chi connectivity index (χ3v) is 11.6. The van der Waals surface area contributed by atoms with Gasteiger partial charge in [0.15, 0.2) is 0 Å². The number of para-hydroxylation sites is 3. The topological polar surface area (TPSA) is 18.5 Å². The molecule has 0 aromatic heterocycles. The summed E-state index contributed by atoms with van der Waals surface area (Å²) in [4.78, 5) is 4.65. The first-order valence-electron chi connectivity index (χ1n) is 21.0. The fourth-order valence-electron chi connectivity index (χ4n) is 8.49. The number of hydrogen-bond donors (Lipinski definition) is 1. The van der Waals surface area contributed by atoms with E-state index in [1.807, 2.05) is 0 Å². The molecule has 0 fully saturated rings. The average molecular weight is 784 g/mol. The van der Waals surface area contributed by atoms with Crippen molar-refractivity contribution >= 4 is 56.2 Å². The molecule has 292 valence electrons. The van der Waals surface area contributed by atoms with Gasteiger partial charge in [0.2, 0.25) is 0 Å². The normalized spacial score (nSPS) is 14.6. The second-order valence-corrected chi connectivity index (χ2v) is 15.5. The van der Waals surface area contributed by atoms with Crippen LogP contribution in [0.3, 0.4) is 0 Å². The van der Waals surface area contributed by atoms with Crippen LogP contribution in [0.25, 0.3) is 27.5 Å². The maximum absolute atomic E-state index is 3.77. The standard InChI is InChI=1S/C58H45N3/c1-5-16-47(17-6-1)57-42-49(32-40-58(57)59-50-19-7-2-8-20-50)46-29-37-55(38-30-46)61(56-39-31-43-15-13-14-18-48(43)41-56)54-35-27-45(28-36-54)44-25-33-53(34-26-44)60(51-21-9-3-10-22-51)52-23-11-4-12-24-52/h1-42,57-59H. The summed E-state index contributed by atoms with van der Waals surface area (Å²) in [5.41, 5.74) is 13.8. The first-order valence-corrected chi connectivity index (χ1v) is 21.0. The van der Waals surface area contributed by atoms with Gasteiger partial charge in [0.05, 0.1) is 6.04 Å². The number of benzene rings is 9. The van der Waals surface area contributed by atoms with Gasteiger partial charge < -0.3 is 15.1 Å². The molecule has 0 bridgehead atoms. The molecule has 0 heterocycles. The second kappa shape index (κ2) is 17.1. The minimum atomic E-state index is 0.135. The van der Waals surface area contributed by atoms with Gasteiger partial charge in [-0.25, -0.2) is 0 Å². The number of nitrogens with zero attached hydrogens (tertiary/aromatic N) is 2. The summed E-state index contributed by atoms with van der Waals surface area (Å²) in [6.07, 6.45) is 6.99. The van der Waals surface area contributed by atoms with Gasteiger partial charge in [-0.3, -0.25) is 0 Å². The molecule has 0 saturated carbocycles. The Morgan fingerprint density at radius 1 is 0.344 bits per heavy atom. The van der Waals surface area contributed by atoms with Crippen LogP contribution < -0.4 is 15.1 Å². The molecule has 0 radical (unpaired) electrons. The van der Waals surface area contributed by atoms with Crippen LogP contribution in [0.5, 0.6) is 0 Å². The molecular formula is C58H45N3. The van der Waals surface area contributed by atoms with E-state index in [2.05, 4.69) is 270 Å². The van der Waals surface area contributed by atoms with Crippen LogP contribution in [0.1, 0.15) is 17.0 Å². The third kappa shape index (κ3) is 8.10. The van der Waals surface area contributed by atoms with Crippen molar-refractivity contribution in [3.8, 4) is 11.1 Å². The summed E-state index contributed by atoms with van der Waals surface area (Å²) in [6.45, 7) is 0. The van der Waals surface area contributed by atoms with E-state index in [0.717, 1.165) is 39.8 Å². The number of nitrogens with one attached hydrogen (secondary N) is 1. The Bertz CT molecular complexity index is 2870. The summed E-state index contributed by atoms with van der Waals surface area (Å²) in [6, 6.07) is 84.7. The summed E-state index contributed by atoms with van der Waals surface area (Å²) < 4.78 is 0. The Hall–Kier alpha value is -7.88. The molecule has 2 unspecified atom stereocenters. The van der Waals surface area contributed by atoms with E-state index in [-0.39, 0.29) is 12.0 Å². The van der Waals surface area contributed by atoms with Gasteiger partial charge in [-0.15, -0.1) is 0 Å². The van der Waals surface area contributed by atoms with Crippen LogP contribution in [0, 0.1) is 0 Å². The van der Waals surface area contributed by atoms with Crippen LogP contribution in [0.2, 0.25) is 0 Å². The lowest BCUT2D eigenvalue weighted by Gasteiger charge is -2.29. The van der Waals surface area contributed by atoms with E-state index in [0.29, 0.717) is 0 Å². The fraction of sp³-hybridized carbons (Fsp3) is 0.0345. The molecule has 0 amide bonds. The van der Waals surface area contributed by atoms with E-state index < -0.39 is 0 Å². The Kier molecular flexibility index (Phi) is 10.5. The fourth-order valence-corrected chi connectivity index (χ4v) is 8.49. The third-order valence-electron chi connectivity index (χ3n) is 11.6. The number of rotatable bonds is 11. The zero-order valence-corrected chi connectivity index (χ0v) is 33.8. The molecule has 0 spiro atoms. The zero-order valence-electron chi connectivity index (χ0n) is 33.8. The summed E-state index contributed by atoms with van der Waals surface area (Å²) in [5.74, 6) is 0.177. The molecule has 1 aliphatic carbocycles. The van der Waals surface area contributed by atoms with Gasteiger partial charge in [0, 0.05) is 45.7 Å². The highest BCUT2D eigenvalue weighted by Gasteiger charge is 2.24. The average Bonchev–Trinajstić information content (AvgIpc) is 3.34. The molecule has 10 rings (SSSR count).